The van der Waals surface area contributed by atoms with Gasteiger partial charge in [0.25, 0.3) is 0 Å². The number of hydrogen-bond acceptors (Lipinski definition) is 1. The van der Waals surface area contributed by atoms with Crippen molar-refractivity contribution in [2.45, 2.75) is 6.92 Å². The van der Waals surface area contributed by atoms with Crippen molar-refractivity contribution in [2.75, 3.05) is 24.8 Å². The highest BCUT2D eigenvalue weighted by atomic mass is 35.5. The molecule has 0 aromatic heterocycles. The van der Waals surface area contributed by atoms with Gasteiger partial charge in [-0.25, -0.2) is 0 Å². The molecule has 0 rings (SSSR count). The zero-order valence-corrected chi connectivity index (χ0v) is 7.45. The molecule has 0 saturated carbocycles. The molecule has 0 N–H and O–H groups in total. The average Bonchev–Trinajstić information content (AvgIpc) is 1.87. The van der Waals surface area contributed by atoms with Gasteiger partial charge in [0.1, 0.15) is 0 Å². The van der Waals surface area contributed by atoms with Gasteiger partial charge < -0.3 is 4.90 Å². The van der Waals surface area contributed by atoms with Gasteiger partial charge in [0, 0.05) is 31.8 Å². The van der Waals surface area contributed by atoms with E-state index in [0.717, 1.165) is 0 Å². The van der Waals surface area contributed by atoms with Crippen LogP contribution in [0.25, 0.3) is 0 Å². The number of nitrogens with zero attached hydrogens (tertiary/aromatic N) is 1. The summed E-state index contributed by atoms with van der Waals surface area (Å²) in [5.41, 5.74) is 0. The Morgan fingerprint density at radius 1 is 1.30 bits per heavy atom. The summed E-state index contributed by atoms with van der Waals surface area (Å²) >= 11 is 10.9. The third kappa shape index (κ3) is 3.96. The molecule has 4 heteroatoms. The number of carbonyl (C=O) groups excluding carboxylic acids is 1. The molecule has 0 radical (unpaired) electrons. The largest absolute Gasteiger partial charge is 0.341 e. The second-order valence-electron chi connectivity index (χ2n) is 1.88. The molecular weight excluding hydrogens is 173 g/mol. The van der Waals surface area contributed by atoms with Gasteiger partial charge in [0.15, 0.2) is 0 Å². The van der Waals surface area contributed by atoms with E-state index in [1.54, 1.807) is 4.90 Å². The number of amides is 1. The Labute approximate surface area is 71.1 Å². The van der Waals surface area contributed by atoms with Crippen molar-refractivity contribution in [3.8, 4) is 0 Å². The van der Waals surface area contributed by atoms with Crippen LogP contribution in [0.3, 0.4) is 0 Å². The van der Waals surface area contributed by atoms with E-state index in [9.17, 15) is 4.79 Å². The molecule has 0 aliphatic heterocycles. The first-order valence-electron chi connectivity index (χ1n) is 3.09. The summed E-state index contributed by atoms with van der Waals surface area (Å²) in [4.78, 5) is 12.4. The zero-order valence-electron chi connectivity index (χ0n) is 5.94. The summed E-state index contributed by atoms with van der Waals surface area (Å²) in [5, 5.41) is 0. The Morgan fingerprint density at radius 2 is 1.70 bits per heavy atom. The summed E-state index contributed by atoms with van der Waals surface area (Å²) < 4.78 is 0. The van der Waals surface area contributed by atoms with E-state index in [-0.39, 0.29) is 5.91 Å². The minimum Gasteiger partial charge on any atom is -0.341 e. The van der Waals surface area contributed by atoms with Crippen LogP contribution in [-0.4, -0.2) is 35.7 Å². The first kappa shape index (κ1) is 10.0. The maximum absolute atomic E-state index is 10.7. The summed E-state index contributed by atoms with van der Waals surface area (Å²) in [5.74, 6) is 0.966. The molecule has 0 fully saturated rings. The van der Waals surface area contributed by atoms with E-state index in [0.29, 0.717) is 24.8 Å². The zero-order chi connectivity index (χ0) is 7.98. The molecule has 0 aromatic rings. The van der Waals surface area contributed by atoms with Crippen LogP contribution in [-0.2, 0) is 4.79 Å². The molecule has 0 unspecified atom stereocenters. The van der Waals surface area contributed by atoms with Crippen molar-refractivity contribution in [1.29, 1.82) is 0 Å². The molecule has 0 heterocycles. The van der Waals surface area contributed by atoms with Crippen LogP contribution in [0.15, 0.2) is 0 Å². The molecule has 0 spiro atoms. The number of halogens is 2. The van der Waals surface area contributed by atoms with Crippen LogP contribution in [0.1, 0.15) is 6.92 Å². The third-order valence-corrected chi connectivity index (χ3v) is 1.49. The molecule has 0 aliphatic rings. The topological polar surface area (TPSA) is 20.3 Å². The van der Waals surface area contributed by atoms with Gasteiger partial charge in [-0.2, -0.15) is 0 Å². The Balaban J connectivity index is 3.61. The highest BCUT2D eigenvalue weighted by molar-refractivity contribution is 6.18. The highest BCUT2D eigenvalue weighted by Gasteiger charge is 2.04. The van der Waals surface area contributed by atoms with Gasteiger partial charge in [0.2, 0.25) is 5.91 Å². The minimum atomic E-state index is 0.0290. The van der Waals surface area contributed by atoms with Gasteiger partial charge in [-0.3, -0.25) is 4.79 Å². The van der Waals surface area contributed by atoms with Crippen LogP contribution in [0.4, 0.5) is 0 Å². The first-order valence-corrected chi connectivity index (χ1v) is 4.16. The molecule has 2 nitrogen and oxygen atoms in total. The van der Waals surface area contributed by atoms with Gasteiger partial charge in [-0.05, 0) is 0 Å². The standard InChI is InChI=1S/C6H11Cl2NO/c1-6(10)9(4-2-7)5-3-8/h2-5H2,1H3. The van der Waals surface area contributed by atoms with Crippen molar-refractivity contribution in [2.24, 2.45) is 0 Å². The van der Waals surface area contributed by atoms with Gasteiger partial charge in [0.05, 0.1) is 0 Å². The van der Waals surface area contributed by atoms with Crippen molar-refractivity contribution >= 4 is 29.1 Å². The molecule has 0 bridgehead atoms. The van der Waals surface area contributed by atoms with Crippen LogP contribution in [0.2, 0.25) is 0 Å². The molecule has 10 heavy (non-hydrogen) atoms. The Hall–Kier alpha value is 0.0500. The average molecular weight is 184 g/mol. The molecular formula is C6H11Cl2NO. The minimum absolute atomic E-state index is 0.0290. The van der Waals surface area contributed by atoms with E-state index in [4.69, 9.17) is 23.2 Å². The van der Waals surface area contributed by atoms with Crippen LogP contribution in [0.5, 0.6) is 0 Å². The fourth-order valence-corrected chi connectivity index (χ4v) is 1.04. The summed E-state index contributed by atoms with van der Waals surface area (Å²) in [7, 11) is 0. The summed E-state index contributed by atoms with van der Waals surface area (Å²) in [6.07, 6.45) is 0. The smallest absolute Gasteiger partial charge is 0.219 e. The monoisotopic (exact) mass is 183 g/mol. The van der Waals surface area contributed by atoms with Crippen LogP contribution >= 0.6 is 23.2 Å². The molecule has 1 amide bonds. The molecule has 60 valence electrons. The van der Waals surface area contributed by atoms with Crippen LogP contribution < -0.4 is 0 Å². The lowest BCUT2D eigenvalue weighted by Gasteiger charge is -2.17. The Morgan fingerprint density at radius 3 is 1.90 bits per heavy atom. The van der Waals surface area contributed by atoms with Crippen molar-refractivity contribution in [3.63, 3.8) is 0 Å². The molecule has 0 aliphatic carbocycles. The molecule has 0 saturated heterocycles. The third-order valence-electron chi connectivity index (χ3n) is 1.15. The van der Waals surface area contributed by atoms with Crippen LogP contribution in [0, 0.1) is 0 Å². The predicted octanol–water partition coefficient (Wildman–Crippen LogP) is 1.31. The highest BCUT2D eigenvalue weighted by Crippen LogP contribution is 1.91. The number of hydrogen-bond donors (Lipinski definition) is 0. The Bertz CT molecular complexity index is 102. The predicted molar refractivity (Wildman–Crippen MR) is 43.7 cm³/mol. The fourth-order valence-electron chi connectivity index (χ4n) is 0.631. The SMILES string of the molecule is CC(=O)N(CCCl)CCCl. The van der Waals surface area contributed by atoms with Gasteiger partial charge in [-0.1, -0.05) is 0 Å². The maximum Gasteiger partial charge on any atom is 0.219 e. The van der Waals surface area contributed by atoms with E-state index in [2.05, 4.69) is 0 Å². The van der Waals surface area contributed by atoms with Crippen molar-refractivity contribution in [1.82, 2.24) is 4.90 Å². The Kier molecular flexibility index (Phi) is 5.84. The molecule has 0 atom stereocenters. The normalized spacial score (nSPS) is 9.50. The van der Waals surface area contributed by atoms with E-state index < -0.39 is 0 Å². The number of alkyl halides is 2. The van der Waals surface area contributed by atoms with Gasteiger partial charge in [-0.15, -0.1) is 23.2 Å². The van der Waals surface area contributed by atoms with E-state index in [1.807, 2.05) is 0 Å². The van der Waals surface area contributed by atoms with Crippen molar-refractivity contribution < 1.29 is 4.79 Å². The second kappa shape index (κ2) is 5.81. The molecule has 0 aromatic carbocycles. The number of rotatable bonds is 4. The van der Waals surface area contributed by atoms with E-state index in [1.165, 1.54) is 6.92 Å². The summed E-state index contributed by atoms with van der Waals surface area (Å²) in [6, 6.07) is 0. The quantitative estimate of drug-likeness (QED) is 0.603. The fraction of sp³-hybridized carbons (Fsp3) is 0.833. The first-order chi connectivity index (χ1) is 4.72. The maximum atomic E-state index is 10.7. The lowest BCUT2D eigenvalue weighted by atomic mass is 10.5. The summed E-state index contributed by atoms with van der Waals surface area (Å²) in [6.45, 7) is 2.69. The van der Waals surface area contributed by atoms with Gasteiger partial charge >= 0.3 is 0 Å². The lowest BCUT2D eigenvalue weighted by Crippen LogP contribution is -2.32. The second-order valence-corrected chi connectivity index (χ2v) is 2.64. The van der Waals surface area contributed by atoms with E-state index >= 15 is 0 Å². The number of carbonyl (C=O) groups is 1. The lowest BCUT2D eigenvalue weighted by molar-refractivity contribution is -0.128. The van der Waals surface area contributed by atoms with Crippen molar-refractivity contribution in [3.05, 3.63) is 0 Å².